The first kappa shape index (κ1) is 14.2. The molecule has 0 heterocycles. The summed E-state index contributed by atoms with van der Waals surface area (Å²) >= 11 is 0. The van der Waals surface area contributed by atoms with Gasteiger partial charge < -0.3 is 5.32 Å². The molecule has 0 aliphatic heterocycles. The fourth-order valence-corrected chi connectivity index (χ4v) is 1.76. The highest BCUT2D eigenvalue weighted by Gasteiger charge is 2.12. The quantitative estimate of drug-likeness (QED) is 0.783. The highest BCUT2D eigenvalue weighted by Crippen LogP contribution is 2.18. The van der Waals surface area contributed by atoms with Gasteiger partial charge in [0.05, 0.1) is 0 Å². The van der Waals surface area contributed by atoms with Crippen LogP contribution in [-0.2, 0) is 0 Å². The Bertz CT molecular complexity index is 318. The monoisotopic (exact) mass is 237 g/mol. The zero-order valence-electron chi connectivity index (χ0n) is 11.3. The van der Waals surface area contributed by atoms with Crippen molar-refractivity contribution in [2.75, 3.05) is 6.54 Å². The Labute approximate surface area is 104 Å². The molecule has 0 radical (unpaired) electrons. The largest absolute Gasteiger partial charge is 0.310 e. The summed E-state index contributed by atoms with van der Waals surface area (Å²) in [4.78, 5) is 0. The van der Waals surface area contributed by atoms with E-state index in [4.69, 9.17) is 0 Å². The Kier molecular flexibility index (Phi) is 5.63. The first-order valence-corrected chi connectivity index (χ1v) is 6.53. The van der Waals surface area contributed by atoms with Crippen LogP contribution in [0.25, 0.3) is 0 Å². The number of hydrogen-bond acceptors (Lipinski definition) is 1. The van der Waals surface area contributed by atoms with Crippen LogP contribution in [0, 0.1) is 17.7 Å². The van der Waals surface area contributed by atoms with Gasteiger partial charge in [-0.3, -0.25) is 0 Å². The number of rotatable bonds is 6. The molecule has 2 unspecified atom stereocenters. The van der Waals surface area contributed by atoms with E-state index in [9.17, 15) is 4.39 Å². The molecule has 0 aliphatic carbocycles. The molecule has 1 rings (SSSR count). The Morgan fingerprint density at radius 3 is 2.18 bits per heavy atom. The Morgan fingerprint density at radius 1 is 1.12 bits per heavy atom. The normalized spacial score (nSPS) is 14.9. The van der Waals surface area contributed by atoms with Gasteiger partial charge in [-0.1, -0.05) is 39.8 Å². The Balaban J connectivity index is 2.57. The molecule has 2 heteroatoms. The van der Waals surface area contributed by atoms with E-state index in [0.717, 1.165) is 13.0 Å². The lowest BCUT2D eigenvalue weighted by Crippen LogP contribution is -2.28. The lowest BCUT2D eigenvalue weighted by atomic mass is 9.97. The van der Waals surface area contributed by atoms with Crippen molar-refractivity contribution in [3.05, 3.63) is 35.6 Å². The van der Waals surface area contributed by atoms with Crippen LogP contribution in [0.15, 0.2) is 24.3 Å². The zero-order valence-corrected chi connectivity index (χ0v) is 11.3. The molecule has 0 amide bonds. The van der Waals surface area contributed by atoms with Crippen molar-refractivity contribution in [1.82, 2.24) is 5.32 Å². The summed E-state index contributed by atoms with van der Waals surface area (Å²) in [5.41, 5.74) is 1.17. The van der Waals surface area contributed by atoms with Crippen LogP contribution in [0.1, 0.15) is 45.7 Å². The van der Waals surface area contributed by atoms with Gasteiger partial charge in [0.15, 0.2) is 0 Å². The van der Waals surface area contributed by atoms with Crippen LogP contribution < -0.4 is 5.32 Å². The molecule has 0 saturated carbocycles. The van der Waals surface area contributed by atoms with Gasteiger partial charge in [-0.25, -0.2) is 4.39 Å². The van der Waals surface area contributed by atoms with Gasteiger partial charge in [-0.05, 0) is 42.5 Å². The maximum Gasteiger partial charge on any atom is 0.123 e. The van der Waals surface area contributed by atoms with Crippen molar-refractivity contribution in [3.8, 4) is 0 Å². The van der Waals surface area contributed by atoms with Gasteiger partial charge in [-0.15, -0.1) is 0 Å². The van der Waals surface area contributed by atoms with E-state index in [1.807, 2.05) is 12.1 Å². The zero-order chi connectivity index (χ0) is 12.8. The van der Waals surface area contributed by atoms with Crippen molar-refractivity contribution in [2.24, 2.45) is 11.8 Å². The lowest BCUT2D eigenvalue weighted by molar-refractivity contribution is 0.366. The van der Waals surface area contributed by atoms with Crippen molar-refractivity contribution in [1.29, 1.82) is 0 Å². The first-order chi connectivity index (χ1) is 8.04. The van der Waals surface area contributed by atoms with Gasteiger partial charge in [0, 0.05) is 6.04 Å². The molecule has 2 atom stereocenters. The Morgan fingerprint density at radius 2 is 1.71 bits per heavy atom. The number of hydrogen-bond donors (Lipinski definition) is 1. The van der Waals surface area contributed by atoms with Gasteiger partial charge >= 0.3 is 0 Å². The summed E-state index contributed by atoms with van der Waals surface area (Å²) in [6.07, 6.45) is 1.02. The van der Waals surface area contributed by atoms with Crippen LogP contribution in [0.4, 0.5) is 4.39 Å². The minimum atomic E-state index is -0.167. The standard InChI is InChI=1S/C15H24FN/c1-5-15(17-10-12(4)11(2)3)13-6-8-14(16)9-7-13/h6-9,11-12,15,17H,5,10H2,1-4H3. The van der Waals surface area contributed by atoms with E-state index in [1.165, 1.54) is 17.7 Å². The minimum absolute atomic E-state index is 0.167. The molecule has 0 fully saturated rings. The van der Waals surface area contributed by atoms with Crippen LogP contribution in [-0.4, -0.2) is 6.54 Å². The minimum Gasteiger partial charge on any atom is -0.310 e. The summed E-state index contributed by atoms with van der Waals surface area (Å²) in [6.45, 7) is 9.90. The van der Waals surface area contributed by atoms with Crippen molar-refractivity contribution >= 4 is 0 Å². The molecule has 96 valence electrons. The van der Waals surface area contributed by atoms with Crippen molar-refractivity contribution < 1.29 is 4.39 Å². The molecule has 1 N–H and O–H groups in total. The predicted octanol–water partition coefficient (Wildman–Crippen LogP) is 4.16. The van der Waals surface area contributed by atoms with E-state index in [-0.39, 0.29) is 5.82 Å². The third-order valence-electron chi connectivity index (χ3n) is 3.50. The number of halogens is 1. The van der Waals surface area contributed by atoms with E-state index >= 15 is 0 Å². The second-order valence-corrected chi connectivity index (χ2v) is 5.14. The molecule has 1 nitrogen and oxygen atoms in total. The molecule has 0 saturated heterocycles. The van der Waals surface area contributed by atoms with E-state index < -0.39 is 0 Å². The topological polar surface area (TPSA) is 12.0 Å². The van der Waals surface area contributed by atoms with Crippen LogP contribution in [0.2, 0.25) is 0 Å². The van der Waals surface area contributed by atoms with Gasteiger partial charge in [0.1, 0.15) is 5.82 Å². The van der Waals surface area contributed by atoms with E-state index in [1.54, 1.807) is 0 Å². The number of benzene rings is 1. The average Bonchev–Trinajstić information content (AvgIpc) is 2.31. The van der Waals surface area contributed by atoms with Crippen LogP contribution in [0.3, 0.4) is 0 Å². The van der Waals surface area contributed by atoms with E-state index in [0.29, 0.717) is 17.9 Å². The Hall–Kier alpha value is -0.890. The molecule has 0 spiro atoms. The smallest absolute Gasteiger partial charge is 0.123 e. The van der Waals surface area contributed by atoms with Gasteiger partial charge in [0.2, 0.25) is 0 Å². The summed E-state index contributed by atoms with van der Waals surface area (Å²) in [5, 5.41) is 3.56. The maximum atomic E-state index is 12.9. The molecule has 0 aliphatic rings. The second-order valence-electron chi connectivity index (χ2n) is 5.14. The highest BCUT2D eigenvalue weighted by molar-refractivity contribution is 5.19. The third kappa shape index (κ3) is 4.47. The molecule has 1 aromatic rings. The second kappa shape index (κ2) is 6.75. The first-order valence-electron chi connectivity index (χ1n) is 6.53. The maximum absolute atomic E-state index is 12.9. The fourth-order valence-electron chi connectivity index (χ4n) is 1.76. The molecular formula is C15H24FN. The van der Waals surface area contributed by atoms with Gasteiger partial charge in [0.25, 0.3) is 0 Å². The fraction of sp³-hybridized carbons (Fsp3) is 0.600. The number of nitrogens with one attached hydrogen (secondary N) is 1. The SMILES string of the molecule is CCC(NCC(C)C(C)C)c1ccc(F)cc1. The van der Waals surface area contributed by atoms with Crippen LogP contribution in [0.5, 0.6) is 0 Å². The molecule has 17 heavy (non-hydrogen) atoms. The predicted molar refractivity (Wildman–Crippen MR) is 71.4 cm³/mol. The molecule has 0 aromatic heterocycles. The average molecular weight is 237 g/mol. The molecular weight excluding hydrogens is 213 g/mol. The third-order valence-corrected chi connectivity index (χ3v) is 3.50. The van der Waals surface area contributed by atoms with E-state index in [2.05, 4.69) is 33.0 Å². The van der Waals surface area contributed by atoms with Gasteiger partial charge in [-0.2, -0.15) is 0 Å². The summed E-state index contributed by atoms with van der Waals surface area (Å²) in [5.74, 6) is 1.18. The molecule has 0 bridgehead atoms. The van der Waals surface area contributed by atoms with Crippen molar-refractivity contribution in [2.45, 2.75) is 40.2 Å². The molecule has 1 aromatic carbocycles. The lowest BCUT2D eigenvalue weighted by Gasteiger charge is -2.22. The summed E-state index contributed by atoms with van der Waals surface area (Å²) in [7, 11) is 0. The highest BCUT2D eigenvalue weighted by atomic mass is 19.1. The van der Waals surface area contributed by atoms with Crippen molar-refractivity contribution in [3.63, 3.8) is 0 Å². The summed E-state index contributed by atoms with van der Waals surface area (Å²) < 4.78 is 12.9. The van der Waals surface area contributed by atoms with Crippen LogP contribution >= 0.6 is 0 Å². The summed E-state index contributed by atoms with van der Waals surface area (Å²) in [6, 6.07) is 7.14.